The summed E-state index contributed by atoms with van der Waals surface area (Å²) in [6.07, 6.45) is 0. The highest BCUT2D eigenvalue weighted by atomic mass is 16.5. The Labute approximate surface area is 113 Å². The zero-order chi connectivity index (χ0) is 14.6. The molecule has 0 aromatic heterocycles. The first kappa shape index (κ1) is 15.3. The van der Waals surface area contributed by atoms with Crippen molar-refractivity contribution < 1.29 is 19.7 Å². The molecule has 0 aliphatic heterocycles. The first-order valence-electron chi connectivity index (χ1n) is 6.22. The van der Waals surface area contributed by atoms with Crippen LogP contribution in [-0.4, -0.2) is 29.3 Å². The molecule has 1 aromatic rings. The van der Waals surface area contributed by atoms with Crippen LogP contribution in [0.1, 0.15) is 32.4 Å². The van der Waals surface area contributed by atoms with Crippen molar-refractivity contribution in [1.82, 2.24) is 5.32 Å². The predicted octanol–water partition coefficient (Wildman–Crippen LogP) is 1.95. The van der Waals surface area contributed by atoms with Gasteiger partial charge in [-0.15, -0.1) is 0 Å². The van der Waals surface area contributed by atoms with Crippen LogP contribution in [0.25, 0.3) is 0 Å². The number of methoxy groups -OCH3 is 1. The molecule has 106 valence electrons. The normalized spacial score (nSPS) is 14.2. The molecule has 0 bridgehead atoms. The summed E-state index contributed by atoms with van der Waals surface area (Å²) in [5.74, 6) is -0.275. The molecular weight excluding hydrogens is 246 g/mol. The molecule has 0 aliphatic rings. The Morgan fingerprint density at radius 3 is 2.37 bits per heavy atom. The highest BCUT2D eigenvalue weighted by molar-refractivity contribution is 5.76. The number of phenolic OH excluding ortho intramolecular Hbond substituents is 2. The van der Waals surface area contributed by atoms with Gasteiger partial charge in [-0.3, -0.25) is 10.1 Å². The van der Waals surface area contributed by atoms with E-state index in [1.807, 2.05) is 20.8 Å². The number of nitrogens with one attached hydrogen (secondary N) is 1. The minimum atomic E-state index is -0.451. The number of carbonyl (C=O) groups excluding carboxylic acids is 1. The Hall–Kier alpha value is -1.75. The summed E-state index contributed by atoms with van der Waals surface area (Å²) in [7, 11) is 1.35. The zero-order valence-electron chi connectivity index (χ0n) is 11.7. The number of phenols is 2. The van der Waals surface area contributed by atoms with Crippen molar-refractivity contribution in [1.29, 1.82) is 0 Å². The number of carbonyl (C=O) groups is 1. The molecule has 0 heterocycles. The zero-order valence-corrected chi connectivity index (χ0v) is 11.7. The predicted molar refractivity (Wildman–Crippen MR) is 72.0 cm³/mol. The number of rotatable bonds is 5. The molecule has 0 radical (unpaired) electrons. The van der Waals surface area contributed by atoms with Gasteiger partial charge in [0.1, 0.15) is 17.5 Å². The molecule has 5 heteroatoms. The second kappa shape index (κ2) is 6.43. The van der Waals surface area contributed by atoms with Crippen LogP contribution in [0.15, 0.2) is 18.2 Å². The van der Waals surface area contributed by atoms with Crippen molar-refractivity contribution in [2.24, 2.45) is 5.92 Å². The van der Waals surface area contributed by atoms with E-state index in [-0.39, 0.29) is 29.4 Å². The molecule has 0 saturated carbocycles. The topological polar surface area (TPSA) is 78.8 Å². The van der Waals surface area contributed by atoms with E-state index in [1.54, 1.807) is 6.07 Å². The molecule has 0 amide bonds. The molecule has 0 fully saturated rings. The van der Waals surface area contributed by atoms with Gasteiger partial charge in [0.15, 0.2) is 0 Å². The molecule has 1 rings (SSSR count). The van der Waals surface area contributed by atoms with E-state index in [4.69, 9.17) is 4.74 Å². The standard InChI is InChI=1S/C14H21NO4/c1-8(2)13(14(18)19-4)15-9(3)11-6-5-10(16)7-12(11)17/h5-9,13,15-17H,1-4H3/t9?,13-/m0/s1. The second-order valence-corrected chi connectivity index (χ2v) is 4.88. The van der Waals surface area contributed by atoms with Crippen LogP contribution < -0.4 is 5.32 Å². The van der Waals surface area contributed by atoms with Crippen molar-refractivity contribution in [2.45, 2.75) is 32.9 Å². The van der Waals surface area contributed by atoms with Gasteiger partial charge >= 0.3 is 5.97 Å². The SMILES string of the molecule is COC(=O)[C@@H](NC(C)c1ccc(O)cc1O)C(C)C. The maximum Gasteiger partial charge on any atom is 0.323 e. The third kappa shape index (κ3) is 3.86. The average Bonchev–Trinajstić information content (AvgIpc) is 2.34. The summed E-state index contributed by atoms with van der Waals surface area (Å²) in [6, 6.07) is 3.70. The lowest BCUT2D eigenvalue weighted by Crippen LogP contribution is -2.42. The smallest absolute Gasteiger partial charge is 0.323 e. The Kier molecular flexibility index (Phi) is 5.18. The molecule has 0 saturated heterocycles. The number of ether oxygens (including phenoxy) is 1. The fourth-order valence-corrected chi connectivity index (χ4v) is 1.92. The molecular formula is C14H21NO4. The van der Waals surface area contributed by atoms with Crippen molar-refractivity contribution in [2.75, 3.05) is 7.11 Å². The molecule has 5 nitrogen and oxygen atoms in total. The summed E-state index contributed by atoms with van der Waals surface area (Å²) in [5.41, 5.74) is 0.618. The minimum Gasteiger partial charge on any atom is -0.508 e. The number of hydrogen-bond acceptors (Lipinski definition) is 5. The van der Waals surface area contributed by atoms with Crippen LogP contribution in [0.4, 0.5) is 0 Å². The van der Waals surface area contributed by atoms with E-state index in [0.717, 1.165) is 0 Å². The van der Waals surface area contributed by atoms with E-state index < -0.39 is 6.04 Å². The van der Waals surface area contributed by atoms with E-state index in [1.165, 1.54) is 19.2 Å². The fourth-order valence-electron chi connectivity index (χ4n) is 1.92. The van der Waals surface area contributed by atoms with Crippen molar-refractivity contribution in [3.05, 3.63) is 23.8 Å². The number of esters is 1. The summed E-state index contributed by atoms with van der Waals surface area (Å²) in [5, 5.41) is 22.2. The van der Waals surface area contributed by atoms with Gasteiger partial charge < -0.3 is 14.9 Å². The highest BCUT2D eigenvalue weighted by Crippen LogP contribution is 2.28. The van der Waals surface area contributed by atoms with Gasteiger partial charge in [0.2, 0.25) is 0 Å². The number of benzene rings is 1. The highest BCUT2D eigenvalue weighted by Gasteiger charge is 2.25. The van der Waals surface area contributed by atoms with Crippen LogP contribution in [-0.2, 0) is 9.53 Å². The lowest BCUT2D eigenvalue weighted by molar-refractivity contribution is -0.144. The monoisotopic (exact) mass is 267 g/mol. The first-order chi connectivity index (χ1) is 8.86. The third-order valence-corrected chi connectivity index (χ3v) is 3.03. The van der Waals surface area contributed by atoms with Gasteiger partial charge in [-0.2, -0.15) is 0 Å². The molecule has 1 aromatic carbocycles. The first-order valence-corrected chi connectivity index (χ1v) is 6.22. The second-order valence-electron chi connectivity index (χ2n) is 4.88. The summed E-state index contributed by atoms with van der Waals surface area (Å²) in [6.45, 7) is 5.67. The van der Waals surface area contributed by atoms with E-state index in [0.29, 0.717) is 5.56 Å². The quantitative estimate of drug-likeness (QED) is 0.711. The van der Waals surface area contributed by atoms with Gasteiger partial charge in [-0.25, -0.2) is 0 Å². The average molecular weight is 267 g/mol. The molecule has 19 heavy (non-hydrogen) atoms. The largest absolute Gasteiger partial charge is 0.508 e. The maximum atomic E-state index is 11.7. The number of aromatic hydroxyl groups is 2. The Morgan fingerprint density at radius 1 is 1.26 bits per heavy atom. The van der Waals surface area contributed by atoms with Gasteiger partial charge in [0, 0.05) is 17.7 Å². The van der Waals surface area contributed by atoms with Crippen LogP contribution in [0.2, 0.25) is 0 Å². The van der Waals surface area contributed by atoms with Crippen molar-refractivity contribution >= 4 is 5.97 Å². The van der Waals surface area contributed by atoms with Crippen molar-refractivity contribution in [3.8, 4) is 11.5 Å². The maximum absolute atomic E-state index is 11.7. The molecule has 1 unspecified atom stereocenters. The van der Waals surface area contributed by atoms with E-state index >= 15 is 0 Å². The Morgan fingerprint density at radius 2 is 1.89 bits per heavy atom. The Balaban J connectivity index is 2.87. The number of hydrogen-bond donors (Lipinski definition) is 3. The summed E-state index contributed by atoms with van der Waals surface area (Å²) in [4.78, 5) is 11.7. The van der Waals surface area contributed by atoms with E-state index in [9.17, 15) is 15.0 Å². The molecule has 2 atom stereocenters. The summed E-state index contributed by atoms with van der Waals surface area (Å²) < 4.78 is 4.76. The Bertz CT molecular complexity index is 445. The van der Waals surface area contributed by atoms with Gasteiger partial charge in [-0.1, -0.05) is 19.9 Å². The van der Waals surface area contributed by atoms with Gasteiger partial charge in [0.05, 0.1) is 7.11 Å². The molecule has 0 spiro atoms. The van der Waals surface area contributed by atoms with E-state index in [2.05, 4.69) is 5.32 Å². The van der Waals surface area contributed by atoms with Crippen LogP contribution in [0.3, 0.4) is 0 Å². The van der Waals surface area contributed by atoms with Crippen LogP contribution in [0.5, 0.6) is 11.5 Å². The molecule has 0 aliphatic carbocycles. The fraction of sp³-hybridized carbons (Fsp3) is 0.500. The molecule has 3 N–H and O–H groups in total. The van der Waals surface area contributed by atoms with Gasteiger partial charge in [-0.05, 0) is 18.9 Å². The lowest BCUT2D eigenvalue weighted by Gasteiger charge is -2.25. The summed E-state index contributed by atoms with van der Waals surface area (Å²) >= 11 is 0. The van der Waals surface area contributed by atoms with Crippen LogP contribution in [0, 0.1) is 5.92 Å². The lowest BCUT2D eigenvalue weighted by atomic mass is 10.0. The van der Waals surface area contributed by atoms with Crippen molar-refractivity contribution in [3.63, 3.8) is 0 Å². The van der Waals surface area contributed by atoms with Crippen LogP contribution >= 0.6 is 0 Å². The van der Waals surface area contributed by atoms with Gasteiger partial charge in [0.25, 0.3) is 0 Å². The minimum absolute atomic E-state index is 0.00169. The third-order valence-electron chi connectivity index (χ3n) is 3.03.